The molecule has 0 amide bonds. The van der Waals surface area contributed by atoms with Crippen LogP contribution in [-0.2, 0) is 17.1 Å². The summed E-state index contributed by atoms with van der Waals surface area (Å²) in [5.41, 5.74) is 9.21. The summed E-state index contributed by atoms with van der Waals surface area (Å²) in [6.45, 7) is 4.80. The molecule has 2 N–H and O–H groups in total. The zero-order valence-electron chi connectivity index (χ0n) is 14.8. The normalized spacial score (nSPS) is 13.3. The highest BCUT2D eigenvalue weighted by molar-refractivity contribution is 8.13. The molecule has 0 radical (unpaired) electrons. The first-order chi connectivity index (χ1) is 12.2. The van der Waals surface area contributed by atoms with Crippen LogP contribution in [0.25, 0.3) is 0 Å². The molecule has 0 spiro atoms. The minimum atomic E-state index is 0.267. The van der Waals surface area contributed by atoms with Crippen LogP contribution in [0.1, 0.15) is 37.0 Å². The van der Waals surface area contributed by atoms with E-state index >= 15 is 0 Å². The maximum absolute atomic E-state index is 5.89. The summed E-state index contributed by atoms with van der Waals surface area (Å²) in [4.78, 5) is 0. The highest BCUT2D eigenvalue weighted by Crippen LogP contribution is 2.12. The van der Waals surface area contributed by atoms with Gasteiger partial charge in [-0.25, -0.2) is 0 Å². The molecule has 5 heteroatoms. The summed E-state index contributed by atoms with van der Waals surface area (Å²) in [6.07, 6.45) is 2.99. The van der Waals surface area contributed by atoms with Crippen LogP contribution < -0.4 is 5.73 Å². The summed E-state index contributed by atoms with van der Waals surface area (Å²) >= 11 is 1.48. The Bertz CT molecular complexity index is 701. The molecule has 0 fully saturated rings. The standard InChI is InChI=1S/C20H25N3OS/c1-3-16(2)24-14-19-11-7-10-18(12-19)13-22-23-20(21)25-15-17-8-5-4-6-9-17/h4-13,16H,3,14-15H2,1-2H3,(H2,21,23). The van der Waals surface area contributed by atoms with Crippen molar-refractivity contribution in [3.05, 3.63) is 71.3 Å². The maximum Gasteiger partial charge on any atom is 0.180 e. The molecule has 0 saturated heterocycles. The Hall–Kier alpha value is -2.11. The van der Waals surface area contributed by atoms with E-state index in [1.807, 2.05) is 36.4 Å². The van der Waals surface area contributed by atoms with Gasteiger partial charge in [-0.2, -0.15) is 5.10 Å². The molecule has 2 aromatic carbocycles. The van der Waals surface area contributed by atoms with Gasteiger partial charge in [-0.3, -0.25) is 0 Å². The molecule has 0 heterocycles. The van der Waals surface area contributed by atoms with Gasteiger partial charge >= 0.3 is 0 Å². The Morgan fingerprint density at radius 3 is 2.68 bits per heavy atom. The molecule has 0 bridgehead atoms. The zero-order valence-corrected chi connectivity index (χ0v) is 15.6. The largest absolute Gasteiger partial charge is 0.377 e. The number of benzene rings is 2. The fraction of sp³-hybridized carbons (Fsp3) is 0.300. The lowest BCUT2D eigenvalue weighted by Gasteiger charge is -2.10. The molecular formula is C20H25N3OS. The number of amidine groups is 1. The van der Waals surface area contributed by atoms with Gasteiger partial charge in [0.25, 0.3) is 0 Å². The number of hydrogen-bond acceptors (Lipinski definition) is 4. The van der Waals surface area contributed by atoms with Crippen molar-refractivity contribution in [3.63, 3.8) is 0 Å². The second-order valence-electron chi connectivity index (χ2n) is 5.73. The van der Waals surface area contributed by atoms with Crippen LogP contribution in [-0.4, -0.2) is 17.5 Å². The minimum absolute atomic E-state index is 0.267. The quantitative estimate of drug-likeness (QED) is 0.428. The lowest BCUT2D eigenvalue weighted by Crippen LogP contribution is -2.06. The van der Waals surface area contributed by atoms with Crippen molar-refractivity contribution in [1.82, 2.24) is 0 Å². The van der Waals surface area contributed by atoms with E-state index in [0.717, 1.165) is 23.3 Å². The van der Waals surface area contributed by atoms with Gasteiger partial charge in [-0.05, 0) is 36.1 Å². The van der Waals surface area contributed by atoms with Crippen molar-refractivity contribution in [2.24, 2.45) is 15.9 Å². The summed E-state index contributed by atoms with van der Waals surface area (Å²) in [6, 6.07) is 18.2. The molecule has 132 valence electrons. The highest BCUT2D eigenvalue weighted by Gasteiger charge is 2.00. The number of rotatable bonds is 8. The molecule has 0 aliphatic heterocycles. The van der Waals surface area contributed by atoms with Gasteiger partial charge in [-0.15, -0.1) is 5.10 Å². The monoisotopic (exact) mass is 355 g/mol. The fourth-order valence-corrected chi connectivity index (χ4v) is 2.64. The van der Waals surface area contributed by atoms with Crippen LogP contribution in [0.5, 0.6) is 0 Å². The van der Waals surface area contributed by atoms with Crippen LogP contribution >= 0.6 is 11.8 Å². The van der Waals surface area contributed by atoms with Gasteiger partial charge in [0.1, 0.15) is 0 Å². The Balaban J connectivity index is 1.85. The lowest BCUT2D eigenvalue weighted by molar-refractivity contribution is 0.0508. The Kier molecular flexibility index (Phi) is 8.22. The SMILES string of the molecule is CCC(C)OCc1cccc(C=NN=C(N)SCc2ccccc2)c1. The van der Waals surface area contributed by atoms with Gasteiger partial charge in [0.15, 0.2) is 5.17 Å². The van der Waals surface area contributed by atoms with Gasteiger partial charge in [0.2, 0.25) is 0 Å². The predicted octanol–water partition coefficient (Wildman–Crippen LogP) is 4.58. The average molecular weight is 356 g/mol. The van der Waals surface area contributed by atoms with Gasteiger partial charge in [-0.1, -0.05) is 67.2 Å². The van der Waals surface area contributed by atoms with Crippen LogP contribution in [0.2, 0.25) is 0 Å². The average Bonchev–Trinajstić information content (AvgIpc) is 2.65. The molecule has 1 atom stereocenters. The number of ether oxygens (including phenoxy) is 1. The molecule has 0 aliphatic rings. The van der Waals surface area contributed by atoms with E-state index in [9.17, 15) is 0 Å². The minimum Gasteiger partial charge on any atom is -0.377 e. The molecular weight excluding hydrogens is 330 g/mol. The first-order valence-electron chi connectivity index (χ1n) is 8.41. The lowest BCUT2D eigenvalue weighted by atomic mass is 10.1. The number of nitrogens with two attached hydrogens (primary N) is 1. The Labute approximate surface area is 154 Å². The molecule has 2 aromatic rings. The molecule has 0 aliphatic carbocycles. The Morgan fingerprint density at radius 1 is 1.16 bits per heavy atom. The third kappa shape index (κ3) is 7.54. The van der Waals surface area contributed by atoms with Crippen molar-refractivity contribution in [1.29, 1.82) is 0 Å². The first kappa shape index (κ1) is 19.2. The van der Waals surface area contributed by atoms with E-state index in [1.54, 1.807) is 6.21 Å². The number of thioether (sulfide) groups is 1. The van der Waals surface area contributed by atoms with Gasteiger partial charge in [0.05, 0.1) is 18.9 Å². The maximum atomic E-state index is 5.89. The molecule has 2 rings (SSSR count). The fourth-order valence-electron chi connectivity index (χ4n) is 2.03. The van der Waals surface area contributed by atoms with Crippen LogP contribution in [0, 0.1) is 0 Å². The van der Waals surface area contributed by atoms with Crippen molar-refractivity contribution in [3.8, 4) is 0 Å². The molecule has 0 aromatic heterocycles. The summed E-state index contributed by atoms with van der Waals surface area (Å²) in [5, 5.41) is 8.58. The second-order valence-corrected chi connectivity index (χ2v) is 6.73. The molecule has 4 nitrogen and oxygen atoms in total. The van der Waals surface area contributed by atoms with E-state index < -0.39 is 0 Å². The van der Waals surface area contributed by atoms with Crippen molar-refractivity contribution in [2.75, 3.05) is 0 Å². The van der Waals surface area contributed by atoms with Crippen molar-refractivity contribution < 1.29 is 4.74 Å². The van der Waals surface area contributed by atoms with Crippen LogP contribution in [0.15, 0.2) is 64.8 Å². The summed E-state index contributed by atoms with van der Waals surface area (Å²) < 4.78 is 5.75. The van der Waals surface area contributed by atoms with E-state index in [-0.39, 0.29) is 6.10 Å². The third-order valence-corrected chi connectivity index (χ3v) is 4.51. The highest BCUT2D eigenvalue weighted by atomic mass is 32.2. The van der Waals surface area contributed by atoms with Gasteiger partial charge < -0.3 is 10.5 Å². The zero-order chi connectivity index (χ0) is 17.9. The summed E-state index contributed by atoms with van der Waals surface area (Å²) in [5.74, 6) is 0.786. The van der Waals surface area contributed by atoms with Crippen LogP contribution in [0.3, 0.4) is 0 Å². The Morgan fingerprint density at radius 2 is 1.92 bits per heavy atom. The topological polar surface area (TPSA) is 60.0 Å². The van der Waals surface area contributed by atoms with Crippen molar-refractivity contribution in [2.45, 2.75) is 38.7 Å². The first-order valence-corrected chi connectivity index (χ1v) is 9.39. The smallest absolute Gasteiger partial charge is 0.180 e. The summed E-state index contributed by atoms with van der Waals surface area (Å²) in [7, 11) is 0. The molecule has 0 saturated carbocycles. The van der Waals surface area contributed by atoms with Crippen LogP contribution in [0.4, 0.5) is 0 Å². The third-order valence-electron chi connectivity index (χ3n) is 3.65. The molecule has 25 heavy (non-hydrogen) atoms. The molecule has 1 unspecified atom stereocenters. The predicted molar refractivity (Wildman–Crippen MR) is 108 cm³/mol. The van der Waals surface area contributed by atoms with E-state index in [1.165, 1.54) is 17.3 Å². The second kappa shape index (κ2) is 10.7. The van der Waals surface area contributed by atoms with E-state index in [2.05, 4.69) is 42.2 Å². The van der Waals surface area contributed by atoms with E-state index in [0.29, 0.717) is 11.8 Å². The van der Waals surface area contributed by atoms with Gasteiger partial charge in [0, 0.05) is 5.75 Å². The number of nitrogens with zero attached hydrogens (tertiary/aromatic N) is 2. The van der Waals surface area contributed by atoms with E-state index in [4.69, 9.17) is 10.5 Å². The number of hydrogen-bond donors (Lipinski definition) is 1. The van der Waals surface area contributed by atoms with Crippen molar-refractivity contribution >= 4 is 23.1 Å².